The van der Waals surface area contributed by atoms with Crippen LogP contribution in [-0.2, 0) is 18.2 Å². The number of carbonyl (C=O) groups is 3. The molecule has 6 atom stereocenters. The molecule has 2 bridgehead atoms. The van der Waals surface area contributed by atoms with Crippen molar-refractivity contribution in [2.24, 2.45) is 23.2 Å². The number of ether oxygens (including phenoxy) is 1. The molecule has 0 aliphatic heterocycles. The van der Waals surface area contributed by atoms with Gasteiger partial charge in [-0.3, -0.25) is 0 Å². The van der Waals surface area contributed by atoms with Gasteiger partial charge in [0.05, 0.1) is 0 Å². The topological polar surface area (TPSA) is 77.5 Å². The normalized spacial score (nSPS) is 31.8. The van der Waals surface area contributed by atoms with E-state index in [4.69, 9.17) is 4.74 Å². The standard InChI is InChI=1S/C28H30O5Se/c29-25-23-16-19(18-33-27(31)20-9-3-1-4-10-20)15-21-11-7-8-14-28(23,26(21)30)17-24(25)34(32)22-12-5-2-6-13-22/h1-6,9-10,12-13,19,21,23-24H,7-8,11,14-18H2/t19-,21+,23+,24?,28-,34?/m0/s1. The number of esters is 1. The summed E-state index contributed by atoms with van der Waals surface area (Å²) in [4.78, 5) is 39.6. The molecular formula is C28H30O5Se. The van der Waals surface area contributed by atoms with Crippen LogP contribution in [0.25, 0.3) is 0 Å². The number of hydrogen-bond acceptors (Lipinski definition) is 5. The number of benzene rings is 2. The Kier molecular flexibility index (Phi) is 6.63. The van der Waals surface area contributed by atoms with Crippen LogP contribution in [0.3, 0.4) is 0 Å². The number of hydrogen-bond donors (Lipinski definition) is 0. The molecule has 6 heteroatoms. The molecule has 3 aliphatic carbocycles. The third-order valence-corrected chi connectivity index (χ3v) is 11.5. The van der Waals surface area contributed by atoms with Crippen molar-refractivity contribution >= 4 is 35.8 Å². The molecule has 0 N–H and O–H groups in total. The predicted molar refractivity (Wildman–Crippen MR) is 128 cm³/mol. The minimum atomic E-state index is -2.63. The van der Waals surface area contributed by atoms with Gasteiger partial charge in [0.2, 0.25) is 0 Å². The quantitative estimate of drug-likeness (QED) is 0.430. The number of ketones is 2. The van der Waals surface area contributed by atoms with E-state index in [0.29, 0.717) is 31.2 Å². The van der Waals surface area contributed by atoms with E-state index in [1.54, 1.807) is 24.3 Å². The van der Waals surface area contributed by atoms with Crippen LogP contribution < -0.4 is 4.46 Å². The van der Waals surface area contributed by atoms with Gasteiger partial charge < -0.3 is 0 Å². The first-order valence-electron chi connectivity index (χ1n) is 12.3. The van der Waals surface area contributed by atoms with Gasteiger partial charge in [-0.2, -0.15) is 0 Å². The Balaban J connectivity index is 1.40. The molecule has 178 valence electrons. The zero-order valence-corrected chi connectivity index (χ0v) is 20.9. The molecule has 2 aromatic rings. The molecule has 5 nitrogen and oxygen atoms in total. The van der Waals surface area contributed by atoms with Crippen molar-refractivity contribution in [2.75, 3.05) is 6.61 Å². The second-order valence-corrected chi connectivity index (χ2v) is 13.5. The second kappa shape index (κ2) is 9.67. The third kappa shape index (κ3) is 4.23. The second-order valence-electron chi connectivity index (χ2n) is 10.0. The van der Waals surface area contributed by atoms with E-state index in [1.165, 1.54) is 0 Å². The zero-order chi connectivity index (χ0) is 23.7. The van der Waals surface area contributed by atoms with E-state index in [9.17, 15) is 18.2 Å². The van der Waals surface area contributed by atoms with Crippen molar-refractivity contribution < 1.29 is 23.0 Å². The first kappa shape index (κ1) is 23.3. The van der Waals surface area contributed by atoms with E-state index >= 15 is 0 Å². The predicted octanol–water partition coefficient (Wildman–Crippen LogP) is 4.29. The molecule has 2 unspecified atom stereocenters. The summed E-state index contributed by atoms with van der Waals surface area (Å²) >= 11 is -2.63. The molecule has 0 radical (unpaired) electrons. The summed E-state index contributed by atoms with van der Waals surface area (Å²) < 4.78 is 19.9. The van der Waals surface area contributed by atoms with Gasteiger partial charge in [-0.15, -0.1) is 0 Å². The van der Waals surface area contributed by atoms with Crippen molar-refractivity contribution in [2.45, 2.75) is 49.8 Å². The Morgan fingerprint density at radius 3 is 2.41 bits per heavy atom. The zero-order valence-electron chi connectivity index (χ0n) is 19.2. The molecule has 0 saturated heterocycles. The van der Waals surface area contributed by atoms with Crippen molar-refractivity contribution in [3.8, 4) is 0 Å². The van der Waals surface area contributed by atoms with Gasteiger partial charge in [-0.05, 0) is 0 Å². The van der Waals surface area contributed by atoms with Gasteiger partial charge in [0.15, 0.2) is 0 Å². The van der Waals surface area contributed by atoms with Crippen molar-refractivity contribution in [1.29, 1.82) is 0 Å². The molecule has 2 aromatic carbocycles. The maximum absolute atomic E-state index is 13.9. The number of carbonyl (C=O) groups excluding carboxylic acids is 3. The fourth-order valence-electron chi connectivity index (χ4n) is 6.40. The van der Waals surface area contributed by atoms with Gasteiger partial charge in [-0.1, -0.05) is 0 Å². The number of fused-ring (bicyclic) bond motifs is 1. The fourth-order valence-corrected chi connectivity index (χ4v) is 9.71. The van der Waals surface area contributed by atoms with Crippen molar-refractivity contribution in [1.82, 2.24) is 0 Å². The molecule has 3 aliphatic rings. The Labute approximate surface area is 204 Å². The van der Waals surface area contributed by atoms with Crippen LogP contribution in [0.5, 0.6) is 0 Å². The van der Waals surface area contributed by atoms with Crippen LogP contribution in [-0.4, -0.2) is 38.0 Å². The molecule has 3 fully saturated rings. The van der Waals surface area contributed by atoms with Crippen molar-refractivity contribution in [3.63, 3.8) is 0 Å². The summed E-state index contributed by atoms with van der Waals surface area (Å²) in [5.41, 5.74) is -0.194. The first-order chi connectivity index (χ1) is 16.5. The van der Waals surface area contributed by atoms with Gasteiger partial charge in [0, 0.05) is 0 Å². The average Bonchev–Trinajstić information content (AvgIpc) is 2.98. The summed E-state index contributed by atoms with van der Waals surface area (Å²) in [6.45, 7) is 0.206. The van der Waals surface area contributed by atoms with E-state index in [-0.39, 0.29) is 36.0 Å². The SMILES string of the molecule is O=C(OC[C@H]1C[C@H]2CCCC[C@@]3(CC([Se](=O)c4ccccc4)C(=O)[C@H]3C1)C2=O)c1ccccc1. The molecule has 0 aromatic heterocycles. The van der Waals surface area contributed by atoms with Gasteiger partial charge in [0.25, 0.3) is 0 Å². The molecule has 5 rings (SSSR count). The van der Waals surface area contributed by atoms with Gasteiger partial charge >= 0.3 is 205 Å². The molecule has 34 heavy (non-hydrogen) atoms. The fraction of sp³-hybridized carbons (Fsp3) is 0.464. The Bertz CT molecular complexity index is 1100. The number of rotatable bonds is 5. The Morgan fingerprint density at radius 1 is 0.971 bits per heavy atom. The van der Waals surface area contributed by atoms with Crippen molar-refractivity contribution in [3.05, 3.63) is 66.2 Å². The van der Waals surface area contributed by atoms with Crippen LogP contribution >= 0.6 is 0 Å². The van der Waals surface area contributed by atoms with E-state index < -0.39 is 30.0 Å². The molecule has 0 amide bonds. The van der Waals surface area contributed by atoms with Crippen LogP contribution in [0.1, 0.15) is 55.3 Å². The summed E-state index contributed by atoms with van der Waals surface area (Å²) in [6, 6.07) is 18.1. The molecule has 3 saturated carbocycles. The third-order valence-electron chi connectivity index (χ3n) is 8.04. The van der Waals surface area contributed by atoms with Gasteiger partial charge in [0.1, 0.15) is 0 Å². The molecular weight excluding hydrogens is 495 g/mol. The average molecular weight is 526 g/mol. The van der Waals surface area contributed by atoms with E-state index in [1.807, 2.05) is 36.4 Å². The van der Waals surface area contributed by atoms with Crippen LogP contribution in [0, 0.1) is 23.2 Å². The summed E-state index contributed by atoms with van der Waals surface area (Å²) in [5.74, 6) is -0.749. The summed E-state index contributed by atoms with van der Waals surface area (Å²) in [6.07, 6.45) is 5.05. The van der Waals surface area contributed by atoms with Crippen LogP contribution in [0.2, 0.25) is 4.82 Å². The maximum atomic E-state index is 13.9. The van der Waals surface area contributed by atoms with Gasteiger partial charge in [-0.25, -0.2) is 0 Å². The minimum absolute atomic E-state index is 0.000797. The Hall–Kier alpha value is -2.43. The van der Waals surface area contributed by atoms with Crippen LogP contribution in [0.15, 0.2) is 60.7 Å². The van der Waals surface area contributed by atoms with E-state index in [0.717, 1.165) is 23.7 Å². The number of Topliss-reactive ketones (excluding diaryl/α,β-unsaturated/α-hetero) is 2. The molecule has 1 spiro atoms. The van der Waals surface area contributed by atoms with Crippen LogP contribution in [0.4, 0.5) is 0 Å². The summed E-state index contributed by atoms with van der Waals surface area (Å²) in [5, 5.41) is 0. The summed E-state index contributed by atoms with van der Waals surface area (Å²) in [7, 11) is 0. The van der Waals surface area contributed by atoms with E-state index in [2.05, 4.69) is 0 Å². The Morgan fingerprint density at radius 2 is 1.68 bits per heavy atom. The monoisotopic (exact) mass is 526 g/mol. The molecule has 0 heterocycles. The first-order valence-corrected chi connectivity index (χ1v) is 14.8.